The summed E-state index contributed by atoms with van der Waals surface area (Å²) in [5.41, 5.74) is 1.29. The first-order valence-corrected chi connectivity index (χ1v) is 10.2. The minimum atomic E-state index is -0.253. The van der Waals surface area contributed by atoms with Crippen molar-refractivity contribution in [3.8, 4) is 0 Å². The standard InChI is InChI=1S/C22H30N4O3.HI/c1-28-22(27)26-15-11-19(12-16-26)25-21(24-14-10-20-8-5-17-29-20)23-13-9-18-6-3-2-4-7-18;/h2-8,17,19H,9-16H2,1H3,(H2,23,24,25);1H. The summed E-state index contributed by atoms with van der Waals surface area (Å²) in [4.78, 5) is 18.1. The third-order valence-corrected chi connectivity index (χ3v) is 5.03. The van der Waals surface area contributed by atoms with Gasteiger partial charge in [-0.25, -0.2) is 4.79 Å². The highest BCUT2D eigenvalue weighted by Crippen LogP contribution is 2.11. The summed E-state index contributed by atoms with van der Waals surface area (Å²) in [7, 11) is 1.42. The van der Waals surface area contributed by atoms with E-state index in [-0.39, 0.29) is 36.1 Å². The van der Waals surface area contributed by atoms with Crippen LogP contribution >= 0.6 is 24.0 Å². The molecule has 2 N–H and O–H groups in total. The predicted octanol–water partition coefficient (Wildman–Crippen LogP) is 3.45. The van der Waals surface area contributed by atoms with Gasteiger partial charge in [0.05, 0.1) is 13.4 Å². The molecule has 1 saturated heterocycles. The topological polar surface area (TPSA) is 79.1 Å². The third-order valence-electron chi connectivity index (χ3n) is 5.03. The first-order valence-electron chi connectivity index (χ1n) is 10.2. The van der Waals surface area contributed by atoms with Crippen LogP contribution in [0.3, 0.4) is 0 Å². The van der Waals surface area contributed by atoms with Crippen molar-refractivity contribution in [1.29, 1.82) is 0 Å². The molecule has 164 valence electrons. The van der Waals surface area contributed by atoms with Crippen LogP contribution in [0.1, 0.15) is 24.2 Å². The van der Waals surface area contributed by atoms with Crippen molar-refractivity contribution in [3.05, 3.63) is 60.1 Å². The van der Waals surface area contributed by atoms with Crippen LogP contribution in [-0.4, -0.2) is 56.3 Å². The van der Waals surface area contributed by atoms with Crippen LogP contribution in [0, 0.1) is 0 Å². The predicted molar refractivity (Wildman–Crippen MR) is 128 cm³/mol. The summed E-state index contributed by atoms with van der Waals surface area (Å²) in [5, 5.41) is 6.97. The van der Waals surface area contributed by atoms with E-state index in [0.717, 1.165) is 43.9 Å². The zero-order chi connectivity index (χ0) is 20.3. The molecule has 7 nitrogen and oxygen atoms in total. The normalized spacial score (nSPS) is 14.7. The lowest BCUT2D eigenvalue weighted by Gasteiger charge is -2.32. The van der Waals surface area contributed by atoms with E-state index in [0.29, 0.717) is 19.6 Å². The van der Waals surface area contributed by atoms with Gasteiger partial charge in [0, 0.05) is 38.6 Å². The Labute approximate surface area is 195 Å². The second-order valence-electron chi connectivity index (χ2n) is 7.10. The van der Waals surface area contributed by atoms with Gasteiger partial charge in [-0.3, -0.25) is 4.99 Å². The molecule has 1 fully saturated rings. The molecule has 1 aromatic heterocycles. The van der Waals surface area contributed by atoms with E-state index in [4.69, 9.17) is 14.1 Å². The van der Waals surface area contributed by atoms with Crippen LogP contribution in [0.4, 0.5) is 4.79 Å². The van der Waals surface area contributed by atoms with E-state index in [1.165, 1.54) is 12.7 Å². The smallest absolute Gasteiger partial charge is 0.409 e. The number of carbonyl (C=O) groups excluding carboxylic acids is 1. The Bertz CT molecular complexity index is 760. The van der Waals surface area contributed by atoms with Gasteiger partial charge in [0.15, 0.2) is 5.96 Å². The average molecular weight is 526 g/mol. The van der Waals surface area contributed by atoms with Crippen LogP contribution in [0.5, 0.6) is 0 Å². The number of amides is 1. The van der Waals surface area contributed by atoms with Gasteiger partial charge >= 0.3 is 6.09 Å². The molecular weight excluding hydrogens is 495 g/mol. The third kappa shape index (κ3) is 7.89. The molecule has 2 aromatic rings. The number of hydrogen-bond acceptors (Lipinski definition) is 4. The molecule has 3 rings (SSSR count). The van der Waals surface area contributed by atoms with Gasteiger partial charge in [-0.2, -0.15) is 0 Å². The van der Waals surface area contributed by atoms with E-state index < -0.39 is 0 Å². The highest BCUT2D eigenvalue weighted by Gasteiger charge is 2.23. The van der Waals surface area contributed by atoms with E-state index >= 15 is 0 Å². The largest absolute Gasteiger partial charge is 0.469 e. The molecule has 8 heteroatoms. The fourth-order valence-electron chi connectivity index (χ4n) is 3.38. The van der Waals surface area contributed by atoms with Crippen LogP contribution in [-0.2, 0) is 17.6 Å². The molecule has 30 heavy (non-hydrogen) atoms. The van der Waals surface area contributed by atoms with E-state index in [1.807, 2.05) is 18.2 Å². The van der Waals surface area contributed by atoms with Gasteiger partial charge in [-0.15, -0.1) is 24.0 Å². The number of hydrogen-bond donors (Lipinski definition) is 2. The van der Waals surface area contributed by atoms with Crippen molar-refractivity contribution in [2.24, 2.45) is 4.99 Å². The molecular formula is C22H31IN4O3. The van der Waals surface area contributed by atoms with Crippen molar-refractivity contribution in [1.82, 2.24) is 15.5 Å². The van der Waals surface area contributed by atoms with Crippen LogP contribution < -0.4 is 10.6 Å². The number of aliphatic imine (C=N–C) groups is 1. The van der Waals surface area contributed by atoms with Crippen molar-refractivity contribution in [2.75, 3.05) is 33.3 Å². The molecule has 0 bridgehead atoms. The SMILES string of the molecule is COC(=O)N1CCC(NC(=NCCc2ccco2)NCCc2ccccc2)CC1.I. The molecule has 2 heterocycles. The maximum absolute atomic E-state index is 11.7. The number of methoxy groups -OCH3 is 1. The highest BCUT2D eigenvalue weighted by atomic mass is 127. The molecule has 1 aliphatic heterocycles. The molecule has 0 unspecified atom stereocenters. The maximum Gasteiger partial charge on any atom is 0.409 e. The first kappa shape index (κ1) is 24.0. The Kier molecular flexibility index (Phi) is 10.5. The molecule has 0 saturated carbocycles. The fraction of sp³-hybridized carbons (Fsp3) is 0.455. The van der Waals surface area contributed by atoms with Gasteiger partial charge in [-0.1, -0.05) is 30.3 Å². The Morgan fingerprint density at radius 2 is 1.93 bits per heavy atom. The molecule has 1 aliphatic rings. The Hall–Kier alpha value is -2.23. The summed E-state index contributed by atoms with van der Waals surface area (Å²) >= 11 is 0. The number of furan rings is 1. The van der Waals surface area contributed by atoms with Crippen molar-refractivity contribution < 1.29 is 13.9 Å². The summed E-state index contributed by atoms with van der Waals surface area (Å²) < 4.78 is 10.2. The summed E-state index contributed by atoms with van der Waals surface area (Å²) in [5.74, 6) is 1.74. The number of piperidine rings is 1. The van der Waals surface area contributed by atoms with Crippen LogP contribution in [0.25, 0.3) is 0 Å². The van der Waals surface area contributed by atoms with Crippen molar-refractivity contribution >= 4 is 36.0 Å². The molecule has 1 aromatic carbocycles. The highest BCUT2D eigenvalue weighted by molar-refractivity contribution is 14.0. The molecule has 0 aliphatic carbocycles. The minimum Gasteiger partial charge on any atom is -0.469 e. The number of benzene rings is 1. The molecule has 0 spiro atoms. The molecule has 0 radical (unpaired) electrons. The van der Waals surface area contributed by atoms with E-state index in [9.17, 15) is 4.79 Å². The summed E-state index contributed by atoms with van der Waals surface area (Å²) in [6.45, 7) is 2.83. The zero-order valence-electron chi connectivity index (χ0n) is 17.4. The van der Waals surface area contributed by atoms with Crippen molar-refractivity contribution in [3.63, 3.8) is 0 Å². The quantitative estimate of drug-likeness (QED) is 0.329. The molecule has 0 atom stereocenters. The van der Waals surface area contributed by atoms with Crippen LogP contribution in [0.2, 0.25) is 0 Å². The lowest BCUT2D eigenvalue weighted by Crippen LogP contribution is -2.50. The van der Waals surface area contributed by atoms with E-state index in [2.05, 4.69) is 34.9 Å². The van der Waals surface area contributed by atoms with Gasteiger partial charge in [-0.05, 0) is 37.0 Å². The van der Waals surface area contributed by atoms with Crippen molar-refractivity contribution in [2.45, 2.75) is 31.7 Å². The minimum absolute atomic E-state index is 0. The fourth-order valence-corrected chi connectivity index (χ4v) is 3.38. The number of ether oxygens (including phenoxy) is 1. The second kappa shape index (κ2) is 13.1. The van der Waals surface area contributed by atoms with E-state index in [1.54, 1.807) is 11.2 Å². The Morgan fingerprint density at radius 1 is 1.17 bits per heavy atom. The average Bonchev–Trinajstić information content (AvgIpc) is 3.28. The number of guanidine groups is 1. The lowest BCUT2D eigenvalue weighted by molar-refractivity contribution is 0.111. The number of nitrogens with one attached hydrogen (secondary N) is 2. The number of nitrogens with zero attached hydrogens (tertiary/aromatic N) is 2. The van der Waals surface area contributed by atoms with Gasteiger partial charge in [0.2, 0.25) is 0 Å². The number of rotatable bonds is 7. The number of halogens is 1. The maximum atomic E-state index is 11.7. The Balaban J connectivity index is 0.00000320. The molecule has 1 amide bonds. The second-order valence-corrected chi connectivity index (χ2v) is 7.10. The lowest BCUT2D eigenvalue weighted by atomic mass is 10.1. The summed E-state index contributed by atoms with van der Waals surface area (Å²) in [6.07, 6.45) is 4.86. The van der Waals surface area contributed by atoms with Gasteiger partial charge in [0.25, 0.3) is 0 Å². The first-order chi connectivity index (χ1) is 14.2. The Morgan fingerprint density at radius 3 is 2.60 bits per heavy atom. The summed E-state index contributed by atoms with van der Waals surface area (Å²) in [6, 6.07) is 14.5. The van der Waals surface area contributed by atoms with Gasteiger partial charge in [0.1, 0.15) is 5.76 Å². The zero-order valence-corrected chi connectivity index (χ0v) is 19.7. The van der Waals surface area contributed by atoms with Gasteiger partial charge < -0.3 is 24.7 Å². The monoisotopic (exact) mass is 526 g/mol. The number of likely N-dealkylation sites (tertiary alicyclic amines) is 1. The van der Waals surface area contributed by atoms with Crippen LogP contribution in [0.15, 0.2) is 58.1 Å². The number of carbonyl (C=O) groups is 1.